The molecule has 0 aromatic rings. The maximum absolute atomic E-state index is 11.9. The van der Waals surface area contributed by atoms with Crippen molar-refractivity contribution in [2.45, 2.75) is 63.1 Å². The number of aliphatic hydroxyl groups is 2. The van der Waals surface area contributed by atoms with Crippen molar-refractivity contribution in [2.75, 3.05) is 6.54 Å². The summed E-state index contributed by atoms with van der Waals surface area (Å²) < 4.78 is 0. The number of amides is 1. The Morgan fingerprint density at radius 2 is 1.88 bits per heavy atom. The van der Waals surface area contributed by atoms with Crippen LogP contribution in [0.3, 0.4) is 0 Å². The smallest absolute Gasteiger partial charge is 0.225 e. The number of rotatable bonds is 3. The van der Waals surface area contributed by atoms with Gasteiger partial charge in [-0.2, -0.15) is 0 Å². The van der Waals surface area contributed by atoms with Gasteiger partial charge < -0.3 is 15.5 Å². The molecule has 0 radical (unpaired) electrons. The average Bonchev–Trinajstić information content (AvgIpc) is 2.74. The lowest BCUT2D eigenvalue weighted by Crippen LogP contribution is -2.46. The molecular formula is C13H23NO3. The van der Waals surface area contributed by atoms with Crippen molar-refractivity contribution in [1.82, 2.24) is 5.32 Å². The van der Waals surface area contributed by atoms with Crippen molar-refractivity contribution >= 4 is 5.91 Å². The fourth-order valence-electron chi connectivity index (χ4n) is 3.02. The van der Waals surface area contributed by atoms with Crippen molar-refractivity contribution in [3.05, 3.63) is 0 Å². The van der Waals surface area contributed by atoms with Gasteiger partial charge in [-0.05, 0) is 32.1 Å². The van der Waals surface area contributed by atoms with Crippen LogP contribution in [-0.4, -0.2) is 34.4 Å². The van der Waals surface area contributed by atoms with Crippen LogP contribution in [0.5, 0.6) is 0 Å². The van der Waals surface area contributed by atoms with Gasteiger partial charge in [0.25, 0.3) is 0 Å². The van der Waals surface area contributed by atoms with Crippen LogP contribution in [-0.2, 0) is 4.79 Å². The standard InChI is InChI=1S/C13H23NO3/c15-11-6-4-5-10(11)12(16)14-9-13(17)7-2-1-3-8-13/h10-11,15,17H,1-9H2,(H,14,16). The van der Waals surface area contributed by atoms with E-state index >= 15 is 0 Å². The lowest BCUT2D eigenvalue weighted by atomic mass is 9.85. The Labute approximate surface area is 102 Å². The largest absolute Gasteiger partial charge is 0.392 e. The summed E-state index contributed by atoms with van der Waals surface area (Å²) in [6.45, 7) is 0.342. The Kier molecular flexibility index (Phi) is 4.05. The van der Waals surface area contributed by atoms with E-state index in [1.807, 2.05) is 0 Å². The van der Waals surface area contributed by atoms with E-state index in [2.05, 4.69) is 5.32 Å². The number of aliphatic hydroxyl groups excluding tert-OH is 1. The van der Waals surface area contributed by atoms with E-state index in [0.717, 1.165) is 44.9 Å². The van der Waals surface area contributed by atoms with E-state index in [0.29, 0.717) is 6.54 Å². The molecule has 4 heteroatoms. The molecule has 0 spiro atoms. The van der Waals surface area contributed by atoms with Gasteiger partial charge >= 0.3 is 0 Å². The van der Waals surface area contributed by atoms with E-state index in [1.165, 1.54) is 6.42 Å². The molecule has 2 aliphatic rings. The molecule has 0 bridgehead atoms. The van der Waals surface area contributed by atoms with Crippen LogP contribution in [0, 0.1) is 5.92 Å². The highest BCUT2D eigenvalue weighted by molar-refractivity contribution is 5.79. The van der Waals surface area contributed by atoms with E-state index in [9.17, 15) is 15.0 Å². The van der Waals surface area contributed by atoms with Gasteiger partial charge in [0.05, 0.1) is 17.6 Å². The van der Waals surface area contributed by atoms with Crippen molar-refractivity contribution in [1.29, 1.82) is 0 Å². The van der Waals surface area contributed by atoms with Crippen LogP contribution in [0.4, 0.5) is 0 Å². The zero-order valence-electron chi connectivity index (χ0n) is 10.3. The van der Waals surface area contributed by atoms with Crippen LogP contribution >= 0.6 is 0 Å². The molecule has 0 aliphatic heterocycles. The third-order valence-corrected chi connectivity index (χ3v) is 4.19. The van der Waals surface area contributed by atoms with Crippen LogP contribution in [0.1, 0.15) is 51.4 Å². The summed E-state index contributed by atoms with van der Waals surface area (Å²) in [5.41, 5.74) is -0.711. The van der Waals surface area contributed by atoms with Crippen LogP contribution < -0.4 is 5.32 Å². The molecule has 0 saturated heterocycles. The summed E-state index contributed by atoms with van der Waals surface area (Å²) in [5.74, 6) is -0.351. The third-order valence-electron chi connectivity index (χ3n) is 4.19. The van der Waals surface area contributed by atoms with Crippen molar-refractivity contribution in [2.24, 2.45) is 5.92 Å². The number of carbonyl (C=O) groups excluding carboxylic acids is 1. The molecule has 2 unspecified atom stereocenters. The molecule has 17 heavy (non-hydrogen) atoms. The van der Waals surface area contributed by atoms with Crippen LogP contribution in [0.2, 0.25) is 0 Å². The lowest BCUT2D eigenvalue weighted by molar-refractivity contribution is -0.129. The van der Waals surface area contributed by atoms with Gasteiger partial charge in [0.1, 0.15) is 0 Å². The molecule has 2 aliphatic carbocycles. The minimum atomic E-state index is -0.711. The summed E-state index contributed by atoms with van der Waals surface area (Å²) in [6.07, 6.45) is 6.74. The third kappa shape index (κ3) is 3.19. The fraction of sp³-hybridized carbons (Fsp3) is 0.923. The molecule has 3 N–H and O–H groups in total. The van der Waals surface area contributed by atoms with Crippen molar-refractivity contribution < 1.29 is 15.0 Å². The van der Waals surface area contributed by atoms with Crippen molar-refractivity contribution in [3.63, 3.8) is 0 Å². The van der Waals surface area contributed by atoms with Crippen molar-refractivity contribution in [3.8, 4) is 0 Å². The highest BCUT2D eigenvalue weighted by atomic mass is 16.3. The topological polar surface area (TPSA) is 69.6 Å². The first-order valence-electron chi connectivity index (χ1n) is 6.79. The summed E-state index contributed by atoms with van der Waals surface area (Å²) in [6, 6.07) is 0. The molecule has 2 rings (SSSR count). The Bertz CT molecular complexity index is 274. The zero-order chi connectivity index (χ0) is 12.3. The molecule has 1 amide bonds. The summed E-state index contributed by atoms with van der Waals surface area (Å²) >= 11 is 0. The van der Waals surface area contributed by atoms with Gasteiger partial charge in [0, 0.05) is 6.54 Å². The Hall–Kier alpha value is -0.610. The number of nitrogens with one attached hydrogen (secondary N) is 1. The normalized spacial score (nSPS) is 32.4. The second kappa shape index (κ2) is 5.36. The second-order valence-electron chi connectivity index (χ2n) is 5.61. The van der Waals surface area contributed by atoms with Gasteiger partial charge in [0.15, 0.2) is 0 Å². The molecule has 0 aromatic carbocycles. The van der Waals surface area contributed by atoms with E-state index in [1.54, 1.807) is 0 Å². The molecule has 98 valence electrons. The summed E-state index contributed by atoms with van der Waals surface area (Å²) in [5, 5.41) is 22.7. The molecule has 0 aromatic heterocycles. The molecule has 2 saturated carbocycles. The Morgan fingerprint density at radius 3 is 2.47 bits per heavy atom. The SMILES string of the molecule is O=C(NCC1(O)CCCCC1)C1CCCC1O. The maximum Gasteiger partial charge on any atom is 0.225 e. The van der Waals surface area contributed by atoms with Crippen LogP contribution in [0.15, 0.2) is 0 Å². The quantitative estimate of drug-likeness (QED) is 0.689. The van der Waals surface area contributed by atoms with E-state index < -0.39 is 11.7 Å². The predicted octanol–water partition coefficient (Wildman–Crippen LogP) is 0.959. The second-order valence-corrected chi connectivity index (χ2v) is 5.61. The van der Waals surface area contributed by atoms with E-state index in [-0.39, 0.29) is 11.8 Å². The number of carbonyl (C=O) groups is 1. The molecular weight excluding hydrogens is 218 g/mol. The van der Waals surface area contributed by atoms with Gasteiger partial charge in [-0.25, -0.2) is 0 Å². The molecule has 0 heterocycles. The Balaban J connectivity index is 1.79. The Morgan fingerprint density at radius 1 is 1.18 bits per heavy atom. The maximum atomic E-state index is 11.9. The highest BCUT2D eigenvalue weighted by Gasteiger charge is 2.34. The zero-order valence-corrected chi connectivity index (χ0v) is 10.3. The average molecular weight is 241 g/mol. The monoisotopic (exact) mass is 241 g/mol. The summed E-state index contributed by atoms with van der Waals surface area (Å²) in [7, 11) is 0. The fourth-order valence-corrected chi connectivity index (χ4v) is 3.02. The number of hydrogen-bond acceptors (Lipinski definition) is 3. The van der Waals surface area contributed by atoms with Gasteiger partial charge in [-0.15, -0.1) is 0 Å². The minimum Gasteiger partial charge on any atom is -0.392 e. The molecule has 2 fully saturated rings. The lowest BCUT2D eigenvalue weighted by Gasteiger charge is -2.32. The first kappa shape index (κ1) is 12.8. The molecule has 2 atom stereocenters. The van der Waals surface area contributed by atoms with E-state index in [4.69, 9.17) is 0 Å². The first-order chi connectivity index (χ1) is 8.11. The van der Waals surface area contributed by atoms with Gasteiger partial charge in [0.2, 0.25) is 5.91 Å². The first-order valence-corrected chi connectivity index (χ1v) is 6.79. The minimum absolute atomic E-state index is 0.0889. The predicted molar refractivity (Wildman–Crippen MR) is 64.4 cm³/mol. The van der Waals surface area contributed by atoms with Gasteiger partial charge in [-0.1, -0.05) is 19.3 Å². The summed E-state index contributed by atoms with van der Waals surface area (Å²) in [4.78, 5) is 11.9. The number of hydrogen-bond donors (Lipinski definition) is 3. The van der Waals surface area contributed by atoms with Crippen LogP contribution in [0.25, 0.3) is 0 Å². The highest BCUT2D eigenvalue weighted by Crippen LogP contribution is 2.28. The van der Waals surface area contributed by atoms with Gasteiger partial charge in [-0.3, -0.25) is 4.79 Å². The molecule has 4 nitrogen and oxygen atoms in total.